The topological polar surface area (TPSA) is 67.3 Å². The quantitative estimate of drug-likeness (QED) is 0.793. The van der Waals surface area contributed by atoms with Crippen LogP contribution in [-0.4, -0.2) is 21.7 Å². The van der Waals surface area contributed by atoms with Crippen LogP contribution in [0.2, 0.25) is 5.02 Å². The van der Waals surface area contributed by atoms with Crippen LogP contribution in [0.4, 0.5) is 0 Å². The molecule has 0 amide bonds. The summed E-state index contributed by atoms with van der Waals surface area (Å²) in [6.45, 7) is 1.17. The molecule has 0 aliphatic carbocycles. The first kappa shape index (κ1) is 16.3. The summed E-state index contributed by atoms with van der Waals surface area (Å²) in [6.07, 6.45) is -0.0263. The number of aliphatic hydroxyl groups is 1. The minimum atomic E-state index is -0.249. The molecule has 0 fully saturated rings. The van der Waals surface area contributed by atoms with Crippen LogP contribution in [0.5, 0.6) is 0 Å². The third kappa shape index (κ3) is 3.58. The SMILES string of the molecule is CC(=O)c1ccc(CO)c(Cl)c1CC(=O)c1nc(Br)cs1. The Morgan fingerprint density at radius 3 is 2.67 bits per heavy atom. The Labute approximate surface area is 138 Å². The molecule has 2 rings (SSSR count). The Morgan fingerprint density at radius 1 is 1.43 bits per heavy atom. The lowest BCUT2D eigenvalue weighted by atomic mass is 9.97. The fourth-order valence-corrected chi connectivity index (χ4v) is 3.40. The van der Waals surface area contributed by atoms with Gasteiger partial charge in [-0.1, -0.05) is 23.7 Å². The molecule has 7 heteroatoms. The summed E-state index contributed by atoms with van der Waals surface area (Å²) in [5.41, 5.74) is 1.32. The van der Waals surface area contributed by atoms with Gasteiger partial charge in [0.1, 0.15) is 4.60 Å². The number of rotatable bonds is 5. The summed E-state index contributed by atoms with van der Waals surface area (Å²) < 4.78 is 0.595. The average molecular weight is 389 g/mol. The van der Waals surface area contributed by atoms with Crippen LogP contribution in [0, 0.1) is 0 Å². The molecule has 4 nitrogen and oxygen atoms in total. The van der Waals surface area contributed by atoms with Gasteiger partial charge in [0.05, 0.1) is 11.6 Å². The van der Waals surface area contributed by atoms with Crippen molar-refractivity contribution in [3.63, 3.8) is 0 Å². The largest absolute Gasteiger partial charge is 0.392 e. The van der Waals surface area contributed by atoms with Crippen molar-refractivity contribution in [3.8, 4) is 0 Å². The molecule has 0 aliphatic heterocycles. The molecule has 110 valence electrons. The highest BCUT2D eigenvalue weighted by Crippen LogP contribution is 2.27. The number of Topliss-reactive ketones (excluding diaryl/α,β-unsaturated/α-hetero) is 2. The molecular weight excluding hydrogens is 378 g/mol. The number of benzene rings is 1. The Bertz CT molecular complexity index is 714. The predicted octanol–water partition coefficient (Wildman–Crippen LogP) is 3.68. The van der Waals surface area contributed by atoms with Gasteiger partial charge in [0, 0.05) is 17.4 Å². The Balaban J connectivity index is 2.42. The van der Waals surface area contributed by atoms with Crippen molar-refractivity contribution in [2.24, 2.45) is 0 Å². The molecule has 21 heavy (non-hydrogen) atoms. The van der Waals surface area contributed by atoms with Crippen LogP contribution >= 0.6 is 38.9 Å². The maximum absolute atomic E-state index is 12.2. The van der Waals surface area contributed by atoms with E-state index in [4.69, 9.17) is 11.6 Å². The molecule has 0 saturated carbocycles. The lowest BCUT2D eigenvalue weighted by Crippen LogP contribution is -2.10. The van der Waals surface area contributed by atoms with Crippen LogP contribution < -0.4 is 0 Å². The number of ketones is 2. The third-order valence-corrected chi connectivity index (χ3v) is 4.99. The first-order valence-electron chi connectivity index (χ1n) is 6.00. The van der Waals surface area contributed by atoms with E-state index >= 15 is 0 Å². The zero-order chi connectivity index (χ0) is 15.6. The van der Waals surface area contributed by atoms with Gasteiger partial charge in [-0.2, -0.15) is 0 Å². The number of halogens is 2. The lowest BCUT2D eigenvalue weighted by Gasteiger charge is -2.11. The molecule has 0 bridgehead atoms. The molecule has 1 aromatic carbocycles. The molecule has 0 aliphatic rings. The van der Waals surface area contributed by atoms with E-state index < -0.39 is 0 Å². The predicted molar refractivity (Wildman–Crippen MR) is 85.2 cm³/mol. The molecule has 0 saturated heterocycles. The van der Waals surface area contributed by atoms with E-state index in [1.807, 2.05) is 0 Å². The number of thiazole rings is 1. The highest BCUT2D eigenvalue weighted by molar-refractivity contribution is 9.10. The average Bonchev–Trinajstić information content (AvgIpc) is 2.87. The van der Waals surface area contributed by atoms with Gasteiger partial charge in [-0.3, -0.25) is 9.59 Å². The van der Waals surface area contributed by atoms with E-state index in [0.717, 1.165) is 0 Å². The number of carbonyl (C=O) groups excluding carboxylic acids is 2. The molecule has 2 aromatic rings. The van der Waals surface area contributed by atoms with Gasteiger partial charge in [0.25, 0.3) is 0 Å². The molecule has 0 unspecified atom stereocenters. The smallest absolute Gasteiger partial charge is 0.195 e. The summed E-state index contributed by atoms with van der Waals surface area (Å²) in [7, 11) is 0. The fraction of sp³-hybridized carbons (Fsp3) is 0.214. The van der Waals surface area contributed by atoms with E-state index in [1.54, 1.807) is 17.5 Å². The minimum Gasteiger partial charge on any atom is -0.392 e. The Kier molecular flexibility index (Phi) is 5.27. The second-order valence-corrected chi connectivity index (χ2v) is 6.40. The first-order chi connectivity index (χ1) is 9.93. The van der Waals surface area contributed by atoms with Crippen molar-refractivity contribution in [1.29, 1.82) is 0 Å². The van der Waals surface area contributed by atoms with Crippen molar-refractivity contribution in [2.75, 3.05) is 0 Å². The van der Waals surface area contributed by atoms with Gasteiger partial charge in [0.2, 0.25) is 0 Å². The third-order valence-electron chi connectivity index (χ3n) is 2.92. The zero-order valence-corrected chi connectivity index (χ0v) is 14.2. The standard InChI is InChI=1S/C14H11BrClNO3S/c1-7(19)9-3-2-8(5-18)13(16)10(9)4-11(20)14-17-12(15)6-21-14/h2-3,6,18H,4-5H2,1H3. The molecule has 1 heterocycles. The first-order valence-corrected chi connectivity index (χ1v) is 8.05. The summed E-state index contributed by atoms with van der Waals surface area (Å²) in [4.78, 5) is 28.0. The van der Waals surface area contributed by atoms with Crippen LogP contribution in [0.25, 0.3) is 0 Å². The Morgan fingerprint density at radius 2 is 2.14 bits per heavy atom. The van der Waals surface area contributed by atoms with E-state index in [1.165, 1.54) is 18.3 Å². The van der Waals surface area contributed by atoms with E-state index in [0.29, 0.717) is 26.3 Å². The molecule has 1 aromatic heterocycles. The van der Waals surface area contributed by atoms with Gasteiger partial charge in [-0.05, 0) is 34.0 Å². The maximum Gasteiger partial charge on any atom is 0.195 e. The number of nitrogens with zero attached hydrogens (tertiary/aromatic N) is 1. The van der Waals surface area contributed by atoms with Gasteiger partial charge in [-0.25, -0.2) is 4.98 Å². The van der Waals surface area contributed by atoms with Crippen LogP contribution in [0.15, 0.2) is 22.1 Å². The highest BCUT2D eigenvalue weighted by atomic mass is 79.9. The van der Waals surface area contributed by atoms with Crippen LogP contribution in [0.3, 0.4) is 0 Å². The zero-order valence-electron chi connectivity index (χ0n) is 11.0. The van der Waals surface area contributed by atoms with Crippen molar-refractivity contribution in [3.05, 3.63) is 48.8 Å². The Hall–Kier alpha value is -1.08. The van der Waals surface area contributed by atoms with Crippen LogP contribution in [-0.2, 0) is 13.0 Å². The molecule has 0 radical (unpaired) electrons. The van der Waals surface area contributed by atoms with Crippen molar-refractivity contribution >= 4 is 50.4 Å². The van der Waals surface area contributed by atoms with Gasteiger partial charge < -0.3 is 5.11 Å². The number of hydrogen-bond donors (Lipinski definition) is 1. The number of carbonyl (C=O) groups is 2. The second kappa shape index (κ2) is 6.79. The van der Waals surface area contributed by atoms with Gasteiger partial charge >= 0.3 is 0 Å². The number of hydrogen-bond acceptors (Lipinski definition) is 5. The number of aliphatic hydroxyl groups excluding tert-OH is 1. The van der Waals surface area contributed by atoms with Crippen LogP contribution in [0.1, 0.15) is 38.2 Å². The van der Waals surface area contributed by atoms with Gasteiger partial charge in [-0.15, -0.1) is 11.3 Å². The monoisotopic (exact) mass is 387 g/mol. The van der Waals surface area contributed by atoms with Gasteiger partial charge in [0.15, 0.2) is 16.6 Å². The van der Waals surface area contributed by atoms with E-state index in [-0.39, 0.29) is 29.6 Å². The molecule has 1 N–H and O–H groups in total. The summed E-state index contributed by atoms with van der Waals surface area (Å²) in [5.74, 6) is -0.394. The molecular formula is C14H11BrClNO3S. The van der Waals surface area contributed by atoms with E-state index in [2.05, 4.69) is 20.9 Å². The van der Waals surface area contributed by atoms with E-state index in [9.17, 15) is 14.7 Å². The normalized spacial score (nSPS) is 10.7. The fourth-order valence-electron chi connectivity index (χ4n) is 1.91. The lowest BCUT2D eigenvalue weighted by molar-refractivity contribution is 0.0991. The minimum absolute atomic E-state index is 0.0263. The summed E-state index contributed by atoms with van der Waals surface area (Å²) in [6, 6.07) is 3.17. The molecule has 0 atom stereocenters. The van der Waals surface area contributed by atoms with Crippen molar-refractivity contribution < 1.29 is 14.7 Å². The summed E-state index contributed by atoms with van der Waals surface area (Å²) in [5, 5.41) is 11.6. The maximum atomic E-state index is 12.2. The summed E-state index contributed by atoms with van der Waals surface area (Å²) >= 11 is 10.6. The number of aromatic nitrogens is 1. The van der Waals surface area contributed by atoms with Crippen molar-refractivity contribution in [1.82, 2.24) is 4.98 Å². The second-order valence-electron chi connectivity index (χ2n) is 4.35. The highest BCUT2D eigenvalue weighted by Gasteiger charge is 2.19. The molecule has 0 spiro atoms. The van der Waals surface area contributed by atoms with Crippen molar-refractivity contribution in [2.45, 2.75) is 20.0 Å².